The van der Waals surface area contributed by atoms with Gasteiger partial charge in [0.2, 0.25) is 5.91 Å². The summed E-state index contributed by atoms with van der Waals surface area (Å²) in [7, 11) is 0. The number of aryl methyl sites for hydroxylation is 1. The Hall–Kier alpha value is -3.87. The van der Waals surface area contributed by atoms with E-state index in [1.54, 1.807) is 18.3 Å². The summed E-state index contributed by atoms with van der Waals surface area (Å²) >= 11 is 0. The van der Waals surface area contributed by atoms with Crippen molar-refractivity contribution < 1.29 is 14.3 Å². The van der Waals surface area contributed by atoms with Crippen LogP contribution in [0.15, 0.2) is 66.9 Å². The van der Waals surface area contributed by atoms with Crippen LogP contribution in [0.4, 0.5) is 5.69 Å². The van der Waals surface area contributed by atoms with Gasteiger partial charge in [0, 0.05) is 48.7 Å². The van der Waals surface area contributed by atoms with Gasteiger partial charge in [-0.25, -0.2) is 0 Å². The van der Waals surface area contributed by atoms with Crippen LogP contribution in [-0.4, -0.2) is 47.9 Å². The number of hydrogen-bond acceptors (Lipinski definition) is 5. The topological polar surface area (TPSA) is 88.8 Å². The minimum Gasteiger partial charge on any atom is -0.487 e. The zero-order chi connectivity index (χ0) is 22.5. The summed E-state index contributed by atoms with van der Waals surface area (Å²) in [6.45, 7) is 5.02. The van der Waals surface area contributed by atoms with E-state index in [2.05, 4.69) is 9.88 Å². The molecule has 0 bridgehead atoms. The van der Waals surface area contributed by atoms with E-state index in [0.29, 0.717) is 36.6 Å². The van der Waals surface area contributed by atoms with Gasteiger partial charge in [0.05, 0.1) is 6.20 Å². The fourth-order valence-corrected chi connectivity index (χ4v) is 3.69. The highest BCUT2D eigenvalue weighted by atomic mass is 16.5. The smallest absolute Gasteiger partial charge is 0.253 e. The van der Waals surface area contributed by atoms with Crippen molar-refractivity contribution in [2.75, 3.05) is 31.1 Å². The summed E-state index contributed by atoms with van der Waals surface area (Å²) in [6, 6.07) is 18.6. The average Bonchev–Trinajstić information content (AvgIpc) is 2.83. The lowest BCUT2D eigenvalue weighted by atomic mass is 10.1. The molecule has 0 atom stereocenters. The maximum atomic E-state index is 13.0. The Morgan fingerprint density at radius 1 is 0.969 bits per heavy atom. The summed E-state index contributed by atoms with van der Waals surface area (Å²) in [5, 5.41) is 0. The number of benzene rings is 2. The third-order valence-electron chi connectivity index (χ3n) is 5.55. The molecule has 164 valence electrons. The van der Waals surface area contributed by atoms with Gasteiger partial charge in [0.15, 0.2) is 0 Å². The second kappa shape index (κ2) is 9.51. The van der Waals surface area contributed by atoms with Gasteiger partial charge < -0.3 is 20.3 Å². The van der Waals surface area contributed by atoms with Crippen molar-refractivity contribution in [2.45, 2.75) is 13.5 Å². The number of carbonyl (C=O) groups is 2. The van der Waals surface area contributed by atoms with Crippen molar-refractivity contribution in [1.82, 2.24) is 9.88 Å². The summed E-state index contributed by atoms with van der Waals surface area (Å²) in [6.07, 6.45) is 1.70. The van der Waals surface area contributed by atoms with Gasteiger partial charge in [-0.15, -0.1) is 0 Å². The molecule has 1 fully saturated rings. The van der Waals surface area contributed by atoms with E-state index in [9.17, 15) is 9.59 Å². The maximum Gasteiger partial charge on any atom is 0.253 e. The number of rotatable bonds is 6. The van der Waals surface area contributed by atoms with E-state index >= 15 is 0 Å². The number of primary amides is 1. The number of hydrogen-bond donors (Lipinski definition) is 1. The van der Waals surface area contributed by atoms with Gasteiger partial charge in [-0.05, 0) is 61.0 Å². The zero-order valence-corrected chi connectivity index (χ0v) is 18.0. The summed E-state index contributed by atoms with van der Waals surface area (Å²) < 4.78 is 5.79. The standard InChI is InChI=1S/C25H26N4O3/c1-18-5-10-23(16-27-18)32-17-19-3-2-4-21(15-19)25(31)29-13-11-28(12-14-29)22-8-6-20(7-9-22)24(26)30/h2-10,15-16H,11-14,17H2,1H3,(H2,26,30). The second-order valence-corrected chi connectivity index (χ2v) is 7.81. The molecule has 1 saturated heterocycles. The van der Waals surface area contributed by atoms with Crippen LogP contribution in [-0.2, 0) is 6.61 Å². The molecule has 1 aromatic heterocycles. The van der Waals surface area contributed by atoms with Crippen LogP contribution >= 0.6 is 0 Å². The first-order valence-corrected chi connectivity index (χ1v) is 10.6. The molecule has 0 unspecified atom stereocenters. The van der Waals surface area contributed by atoms with Crippen molar-refractivity contribution in [2.24, 2.45) is 5.73 Å². The minimum atomic E-state index is -0.435. The number of nitrogens with two attached hydrogens (primary N) is 1. The van der Waals surface area contributed by atoms with Crippen molar-refractivity contribution in [1.29, 1.82) is 0 Å². The van der Waals surface area contributed by atoms with Crippen molar-refractivity contribution in [3.05, 3.63) is 89.2 Å². The summed E-state index contributed by atoms with van der Waals surface area (Å²) in [4.78, 5) is 32.6. The molecule has 2 N–H and O–H groups in total. The lowest BCUT2D eigenvalue weighted by Crippen LogP contribution is -2.48. The fraction of sp³-hybridized carbons (Fsp3) is 0.240. The Morgan fingerprint density at radius 2 is 1.72 bits per heavy atom. The first-order valence-electron chi connectivity index (χ1n) is 10.6. The number of piperazine rings is 1. The van der Waals surface area contributed by atoms with E-state index in [0.717, 1.165) is 30.0 Å². The maximum absolute atomic E-state index is 13.0. The van der Waals surface area contributed by atoms with Crippen molar-refractivity contribution in [3.63, 3.8) is 0 Å². The number of pyridine rings is 1. The molecule has 7 heteroatoms. The van der Waals surface area contributed by atoms with E-state index < -0.39 is 5.91 Å². The lowest BCUT2D eigenvalue weighted by molar-refractivity contribution is 0.0746. The third-order valence-corrected chi connectivity index (χ3v) is 5.55. The van der Waals surface area contributed by atoms with Crippen LogP contribution < -0.4 is 15.4 Å². The Morgan fingerprint density at radius 3 is 2.38 bits per heavy atom. The van der Waals surface area contributed by atoms with Crippen molar-refractivity contribution >= 4 is 17.5 Å². The molecule has 2 amide bonds. The molecule has 0 aliphatic carbocycles. The first-order chi connectivity index (χ1) is 15.5. The predicted octanol–water partition coefficient (Wildman–Crippen LogP) is 3.03. The van der Waals surface area contributed by atoms with Crippen LogP contribution in [0.3, 0.4) is 0 Å². The monoisotopic (exact) mass is 430 g/mol. The van der Waals surface area contributed by atoms with Crippen LogP contribution in [0.2, 0.25) is 0 Å². The molecule has 4 rings (SSSR count). The number of aromatic nitrogens is 1. The zero-order valence-electron chi connectivity index (χ0n) is 18.0. The van der Waals surface area contributed by atoms with Gasteiger partial charge in [0.25, 0.3) is 5.91 Å². The van der Waals surface area contributed by atoms with Gasteiger partial charge in [-0.3, -0.25) is 14.6 Å². The predicted molar refractivity (Wildman–Crippen MR) is 123 cm³/mol. The van der Waals surface area contributed by atoms with Crippen LogP contribution in [0.1, 0.15) is 32.0 Å². The van der Waals surface area contributed by atoms with Crippen LogP contribution in [0, 0.1) is 6.92 Å². The Labute approximate surface area is 187 Å². The van der Waals surface area contributed by atoms with E-state index in [-0.39, 0.29) is 5.91 Å². The molecule has 1 aliphatic heterocycles. The fourth-order valence-electron chi connectivity index (χ4n) is 3.69. The largest absolute Gasteiger partial charge is 0.487 e. The minimum absolute atomic E-state index is 0.0209. The highest BCUT2D eigenvalue weighted by molar-refractivity contribution is 5.94. The quantitative estimate of drug-likeness (QED) is 0.649. The summed E-state index contributed by atoms with van der Waals surface area (Å²) in [5.74, 6) is 0.287. The Bertz CT molecular complexity index is 1090. The molecular formula is C25H26N4O3. The second-order valence-electron chi connectivity index (χ2n) is 7.81. The molecule has 0 saturated carbocycles. The third kappa shape index (κ3) is 5.06. The number of nitrogens with zero attached hydrogens (tertiary/aromatic N) is 3. The van der Waals surface area contributed by atoms with Gasteiger partial charge in [0.1, 0.15) is 12.4 Å². The molecule has 32 heavy (non-hydrogen) atoms. The van der Waals surface area contributed by atoms with E-state index in [1.807, 2.05) is 60.4 Å². The Balaban J connectivity index is 1.34. The average molecular weight is 431 g/mol. The molecule has 0 spiro atoms. The molecule has 0 radical (unpaired) electrons. The normalized spacial score (nSPS) is 13.7. The molecule has 3 aromatic rings. The van der Waals surface area contributed by atoms with Gasteiger partial charge in [-0.2, -0.15) is 0 Å². The van der Waals surface area contributed by atoms with Crippen LogP contribution in [0.5, 0.6) is 5.75 Å². The number of carbonyl (C=O) groups excluding carboxylic acids is 2. The number of anilines is 1. The van der Waals surface area contributed by atoms with Gasteiger partial charge in [-0.1, -0.05) is 12.1 Å². The van der Waals surface area contributed by atoms with Gasteiger partial charge >= 0.3 is 0 Å². The number of amides is 2. The van der Waals surface area contributed by atoms with E-state index in [1.165, 1.54) is 0 Å². The summed E-state index contributed by atoms with van der Waals surface area (Å²) in [5.41, 5.74) is 9.35. The Kier molecular flexibility index (Phi) is 6.35. The molecule has 1 aliphatic rings. The first kappa shape index (κ1) is 21.4. The molecule has 7 nitrogen and oxygen atoms in total. The van der Waals surface area contributed by atoms with Crippen molar-refractivity contribution in [3.8, 4) is 5.75 Å². The van der Waals surface area contributed by atoms with E-state index in [4.69, 9.17) is 10.5 Å². The number of ether oxygens (including phenoxy) is 1. The highest BCUT2D eigenvalue weighted by Crippen LogP contribution is 2.19. The lowest BCUT2D eigenvalue weighted by Gasteiger charge is -2.36. The highest BCUT2D eigenvalue weighted by Gasteiger charge is 2.22. The molecule has 2 heterocycles. The SMILES string of the molecule is Cc1ccc(OCc2cccc(C(=O)N3CCN(c4ccc(C(N)=O)cc4)CC3)c2)cn1. The molecule has 2 aromatic carbocycles. The molecular weight excluding hydrogens is 404 g/mol. The van der Waals surface area contributed by atoms with Crippen LogP contribution in [0.25, 0.3) is 0 Å².